The Hall–Kier alpha value is -1.35. The van der Waals surface area contributed by atoms with Gasteiger partial charge >= 0.3 is 0 Å². The number of carbonyl (C=O) groups excluding carboxylic acids is 1. The number of para-hydroxylation sites is 1. The maximum atomic E-state index is 12.4. The Morgan fingerprint density at radius 3 is 2.90 bits per heavy atom. The lowest BCUT2D eigenvalue weighted by atomic mass is 9.93. The predicted octanol–water partition coefficient (Wildman–Crippen LogP) is 2.99. The van der Waals surface area contributed by atoms with E-state index in [1.54, 1.807) is 0 Å². The molecule has 0 fully saturated rings. The summed E-state index contributed by atoms with van der Waals surface area (Å²) in [7, 11) is 0. The number of fused-ring (bicyclic) bond motifs is 1. The van der Waals surface area contributed by atoms with Gasteiger partial charge in [-0.3, -0.25) is 4.79 Å². The Morgan fingerprint density at radius 2 is 2.15 bits per heavy atom. The van der Waals surface area contributed by atoms with Crippen molar-refractivity contribution in [3.8, 4) is 0 Å². The molecule has 1 aliphatic rings. The number of rotatable bonds is 5. The second-order valence-corrected chi connectivity index (χ2v) is 6.15. The summed E-state index contributed by atoms with van der Waals surface area (Å²) in [4.78, 5) is 14.4. The van der Waals surface area contributed by atoms with Gasteiger partial charge in [0.25, 0.3) is 0 Å². The molecule has 1 unspecified atom stereocenters. The molecule has 2 rings (SSSR count). The summed E-state index contributed by atoms with van der Waals surface area (Å²) in [5.74, 6) is 0.803. The highest BCUT2D eigenvalue weighted by Gasteiger charge is 2.25. The van der Waals surface area contributed by atoms with Crippen molar-refractivity contribution in [2.75, 3.05) is 18.0 Å². The zero-order valence-electron chi connectivity index (χ0n) is 12.9. The summed E-state index contributed by atoms with van der Waals surface area (Å²) in [6.07, 6.45) is 2.61. The molecule has 1 aliphatic heterocycles. The fourth-order valence-electron chi connectivity index (χ4n) is 2.80. The van der Waals surface area contributed by atoms with Crippen LogP contribution in [0.3, 0.4) is 0 Å². The molecule has 1 heterocycles. The second kappa shape index (κ2) is 6.89. The van der Waals surface area contributed by atoms with E-state index in [9.17, 15) is 4.79 Å². The number of anilines is 1. The topological polar surface area (TPSA) is 32.3 Å². The van der Waals surface area contributed by atoms with Crippen LogP contribution in [0, 0.1) is 5.92 Å². The van der Waals surface area contributed by atoms with E-state index in [1.807, 2.05) is 11.0 Å². The van der Waals surface area contributed by atoms with Gasteiger partial charge in [-0.25, -0.2) is 0 Å². The third kappa shape index (κ3) is 3.83. The largest absolute Gasteiger partial charge is 0.315 e. The van der Waals surface area contributed by atoms with Gasteiger partial charge in [0, 0.05) is 24.7 Å². The summed E-state index contributed by atoms with van der Waals surface area (Å²) in [5.41, 5.74) is 2.42. The molecular weight excluding hydrogens is 248 g/mol. The first-order chi connectivity index (χ1) is 9.58. The van der Waals surface area contributed by atoms with Gasteiger partial charge in [-0.2, -0.15) is 0 Å². The fourth-order valence-corrected chi connectivity index (χ4v) is 2.80. The van der Waals surface area contributed by atoms with Gasteiger partial charge in [-0.15, -0.1) is 0 Å². The van der Waals surface area contributed by atoms with E-state index in [2.05, 4.69) is 44.3 Å². The maximum Gasteiger partial charge on any atom is 0.227 e. The van der Waals surface area contributed by atoms with E-state index in [0.717, 1.165) is 31.6 Å². The first-order valence-electron chi connectivity index (χ1n) is 7.69. The van der Waals surface area contributed by atoms with Crippen LogP contribution in [0.25, 0.3) is 0 Å². The molecule has 1 N–H and O–H groups in total. The normalized spacial score (nSPS) is 18.2. The van der Waals surface area contributed by atoms with E-state index in [0.29, 0.717) is 18.4 Å². The van der Waals surface area contributed by atoms with Crippen LogP contribution in [0.4, 0.5) is 5.69 Å². The molecule has 0 aromatic heterocycles. The quantitative estimate of drug-likeness (QED) is 0.837. The lowest BCUT2D eigenvalue weighted by Crippen LogP contribution is -2.39. The molecule has 0 aliphatic carbocycles. The Balaban J connectivity index is 1.96. The van der Waals surface area contributed by atoms with Gasteiger partial charge in [0.2, 0.25) is 5.91 Å². The molecule has 3 nitrogen and oxygen atoms in total. The smallest absolute Gasteiger partial charge is 0.227 e. The van der Waals surface area contributed by atoms with Crippen LogP contribution in [0.5, 0.6) is 0 Å². The van der Waals surface area contributed by atoms with Crippen LogP contribution < -0.4 is 10.2 Å². The van der Waals surface area contributed by atoms with Gasteiger partial charge in [-0.1, -0.05) is 39.0 Å². The molecule has 1 aromatic rings. The number of amides is 1. The minimum Gasteiger partial charge on any atom is -0.315 e. The summed E-state index contributed by atoms with van der Waals surface area (Å²) in [6.45, 7) is 8.24. The van der Waals surface area contributed by atoms with Crippen LogP contribution in [0.1, 0.15) is 39.2 Å². The van der Waals surface area contributed by atoms with E-state index in [-0.39, 0.29) is 5.91 Å². The van der Waals surface area contributed by atoms with Crippen molar-refractivity contribution in [3.63, 3.8) is 0 Å². The Kier molecular flexibility index (Phi) is 5.18. The van der Waals surface area contributed by atoms with Crippen molar-refractivity contribution in [1.29, 1.82) is 0 Å². The number of nitrogens with one attached hydrogen (secondary N) is 1. The molecule has 0 spiro atoms. The monoisotopic (exact) mass is 274 g/mol. The summed E-state index contributed by atoms with van der Waals surface area (Å²) in [6, 6.07) is 8.79. The minimum atomic E-state index is 0.259. The summed E-state index contributed by atoms with van der Waals surface area (Å²) >= 11 is 0. The SMILES string of the molecule is CC1Cc2ccccc2N(C(=O)CCCNC(C)C)C1. The minimum absolute atomic E-state index is 0.259. The van der Waals surface area contributed by atoms with Crippen molar-refractivity contribution in [1.82, 2.24) is 5.32 Å². The predicted molar refractivity (Wildman–Crippen MR) is 84.0 cm³/mol. The van der Waals surface area contributed by atoms with Crippen molar-refractivity contribution in [3.05, 3.63) is 29.8 Å². The molecule has 0 saturated heterocycles. The zero-order chi connectivity index (χ0) is 14.5. The average Bonchev–Trinajstić information content (AvgIpc) is 2.42. The second-order valence-electron chi connectivity index (χ2n) is 6.15. The van der Waals surface area contributed by atoms with E-state index in [4.69, 9.17) is 0 Å². The standard InChI is InChI=1S/C17H26N2O/c1-13(2)18-10-6-9-17(20)19-12-14(3)11-15-7-4-5-8-16(15)19/h4-5,7-8,13-14,18H,6,9-12H2,1-3H3. The van der Waals surface area contributed by atoms with Gasteiger partial charge in [0.05, 0.1) is 0 Å². The molecule has 3 heteroatoms. The van der Waals surface area contributed by atoms with Crippen LogP contribution >= 0.6 is 0 Å². The van der Waals surface area contributed by atoms with Gasteiger partial charge in [0.1, 0.15) is 0 Å². The molecule has 1 atom stereocenters. The molecule has 1 aromatic carbocycles. The van der Waals surface area contributed by atoms with E-state index in [1.165, 1.54) is 5.56 Å². The third-order valence-corrected chi connectivity index (χ3v) is 3.77. The summed E-state index contributed by atoms with van der Waals surface area (Å²) in [5, 5.41) is 3.36. The number of hydrogen-bond donors (Lipinski definition) is 1. The Morgan fingerprint density at radius 1 is 1.40 bits per heavy atom. The Bertz CT molecular complexity index is 456. The van der Waals surface area contributed by atoms with Gasteiger partial charge in [0.15, 0.2) is 0 Å². The molecule has 1 amide bonds. The molecular formula is C17H26N2O. The lowest BCUT2D eigenvalue weighted by molar-refractivity contribution is -0.118. The molecule has 20 heavy (non-hydrogen) atoms. The maximum absolute atomic E-state index is 12.4. The first kappa shape index (κ1) is 15.0. The first-order valence-corrected chi connectivity index (χ1v) is 7.69. The number of hydrogen-bond acceptors (Lipinski definition) is 2. The molecule has 110 valence electrons. The van der Waals surface area contributed by atoms with Crippen LogP contribution in [0.15, 0.2) is 24.3 Å². The Labute approximate surface area is 122 Å². The van der Waals surface area contributed by atoms with Crippen LogP contribution in [-0.2, 0) is 11.2 Å². The molecule has 0 saturated carbocycles. The zero-order valence-corrected chi connectivity index (χ0v) is 12.9. The van der Waals surface area contributed by atoms with E-state index >= 15 is 0 Å². The van der Waals surface area contributed by atoms with Crippen molar-refractivity contribution in [2.45, 2.75) is 46.1 Å². The highest BCUT2D eigenvalue weighted by molar-refractivity contribution is 5.94. The summed E-state index contributed by atoms with van der Waals surface area (Å²) < 4.78 is 0. The highest BCUT2D eigenvalue weighted by atomic mass is 16.2. The van der Waals surface area contributed by atoms with Crippen LogP contribution in [-0.4, -0.2) is 25.0 Å². The highest BCUT2D eigenvalue weighted by Crippen LogP contribution is 2.29. The van der Waals surface area contributed by atoms with Gasteiger partial charge in [-0.05, 0) is 36.9 Å². The van der Waals surface area contributed by atoms with Crippen LogP contribution in [0.2, 0.25) is 0 Å². The molecule has 0 bridgehead atoms. The van der Waals surface area contributed by atoms with E-state index < -0.39 is 0 Å². The van der Waals surface area contributed by atoms with Crippen molar-refractivity contribution < 1.29 is 4.79 Å². The number of carbonyl (C=O) groups is 1. The fraction of sp³-hybridized carbons (Fsp3) is 0.588. The van der Waals surface area contributed by atoms with Crippen molar-refractivity contribution in [2.24, 2.45) is 5.92 Å². The third-order valence-electron chi connectivity index (χ3n) is 3.77. The number of benzene rings is 1. The van der Waals surface area contributed by atoms with Gasteiger partial charge < -0.3 is 10.2 Å². The average molecular weight is 274 g/mol. The number of nitrogens with zero attached hydrogens (tertiary/aromatic N) is 1. The molecule has 0 radical (unpaired) electrons. The van der Waals surface area contributed by atoms with Crippen molar-refractivity contribution >= 4 is 11.6 Å². The lowest BCUT2D eigenvalue weighted by Gasteiger charge is -2.33.